The van der Waals surface area contributed by atoms with E-state index in [1.807, 2.05) is 25.1 Å². The van der Waals surface area contributed by atoms with Gasteiger partial charge in [0.2, 0.25) is 0 Å². The summed E-state index contributed by atoms with van der Waals surface area (Å²) in [7, 11) is 0. The second-order valence-electron chi connectivity index (χ2n) is 4.51. The van der Waals surface area contributed by atoms with Crippen LogP contribution < -0.4 is 4.74 Å². The van der Waals surface area contributed by atoms with Crippen molar-refractivity contribution in [3.63, 3.8) is 0 Å². The Morgan fingerprint density at radius 1 is 1.15 bits per heavy atom. The highest BCUT2D eigenvalue weighted by molar-refractivity contribution is 5.99. The van der Waals surface area contributed by atoms with E-state index in [1.165, 1.54) is 13.0 Å². The number of hydrogen-bond donors (Lipinski definition) is 0. The Morgan fingerprint density at radius 3 is 2.55 bits per heavy atom. The van der Waals surface area contributed by atoms with Gasteiger partial charge >= 0.3 is 11.9 Å². The number of aryl methyl sites for hydroxylation is 1. The number of benzene rings is 2. The van der Waals surface area contributed by atoms with Crippen LogP contribution in [0.2, 0.25) is 0 Å². The summed E-state index contributed by atoms with van der Waals surface area (Å²) in [6, 6.07) is 9.02. The van der Waals surface area contributed by atoms with Gasteiger partial charge in [-0.3, -0.25) is 4.79 Å². The van der Waals surface area contributed by atoms with Crippen LogP contribution in [0, 0.1) is 6.92 Å². The Balaban J connectivity index is 2.61. The molecule has 0 aliphatic rings. The van der Waals surface area contributed by atoms with E-state index in [1.54, 1.807) is 13.0 Å². The minimum Gasteiger partial charge on any atom is -0.462 e. The third kappa shape index (κ3) is 2.96. The summed E-state index contributed by atoms with van der Waals surface area (Å²) in [6.07, 6.45) is 0. The summed E-state index contributed by atoms with van der Waals surface area (Å²) < 4.78 is 10.2. The first kappa shape index (κ1) is 14.1. The molecule has 0 aliphatic carbocycles. The van der Waals surface area contributed by atoms with Crippen molar-refractivity contribution in [3.05, 3.63) is 41.5 Å². The largest absolute Gasteiger partial charge is 0.462 e. The summed E-state index contributed by atoms with van der Waals surface area (Å²) in [5.41, 5.74) is 1.44. The van der Waals surface area contributed by atoms with E-state index < -0.39 is 11.9 Å². The van der Waals surface area contributed by atoms with E-state index in [0.717, 1.165) is 16.3 Å². The number of hydrogen-bond acceptors (Lipinski definition) is 4. The summed E-state index contributed by atoms with van der Waals surface area (Å²) in [4.78, 5) is 23.0. The van der Waals surface area contributed by atoms with Crippen LogP contribution >= 0.6 is 0 Å². The van der Waals surface area contributed by atoms with Gasteiger partial charge in [0.15, 0.2) is 0 Å². The van der Waals surface area contributed by atoms with Crippen LogP contribution in [0.1, 0.15) is 29.8 Å². The van der Waals surface area contributed by atoms with Crippen molar-refractivity contribution in [1.82, 2.24) is 0 Å². The molecule has 0 radical (unpaired) electrons. The Labute approximate surface area is 117 Å². The highest BCUT2D eigenvalue weighted by Gasteiger charge is 2.13. The Bertz CT molecular complexity index is 673. The first-order valence-corrected chi connectivity index (χ1v) is 6.41. The summed E-state index contributed by atoms with van der Waals surface area (Å²) >= 11 is 0. The molecule has 2 aromatic carbocycles. The molecule has 0 aliphatic heterocycles. The van der Waals surface area contributed by atoms with Crippen molar-refractivity contribution < 1.29 is 19.1 Å². The Kier molecular flexibility index (Phi) is 4.03. The highest BCUT2D eigenvalue weighted by Crippen LogP contribution is 2.29. The first-order valence-electron chi connectivity index (χ1n) is 6.41. The SMILES string of the molecule is CCOC(=O)c1cc(OC(C)=O)c2ccc(C)cc2c1. The molecule has 0 N–H and O–H groups in total. The molecule has 0 unspecified atom stereocenters. The van der Waals surface area contributed by atoms with E-state index in [4.69, 9.17) is 9.47 Å². The predicted octanol–water partition coefficient (Wildman–Crippen LogP) is 3.25. The Hall–Kier alpha value is -2.36. The fourth-order valence-corrected chi connectivity index (χ4v) is 2.03. The number of carbonyl (C=O) groups is 2. The van der Waals surface area contributed by atoms with E-state index >= 15 is 0 Å². The highest BCUT2D eigenvalue weighted by atomic mass is 16.5. The molecule has 0 bridgehead atoms. The Morgan fingerprint density at radius 2 is 1.90 bits per heavy atom. The smallest absolute Gasteiger partial charge is 0.338 e. The third-order valence-corrected chi connectivity index (χ3v) is 2.83. The van der Waals surface area contributed by atoms with Gasteiger partial charge in [-0.2, -0.15) is 0 Å². The van der Waals surface area contributed by atoms with Crippen LogP contribution in [0.3, 0.4) is 0 Å². The van der Waals surface area contributed by atoms with Gasteiger partial charge in [-0.1, -0.05) is 23.8 Å². The fraction of sp³-hybridized carbons (Fsp3) is 0.250. The minimum absolute atomic E-state index is 0.299. The number of carbonyl (C=O) groups excluding carboxylic acids is 2. The molecule has 20 heavy (non-hydrogen) atoms. The predicted molar refractivity (Wildman–Crippen MR) is 76.0 cm³/mol. The zero-order valence-corrected chi connectivity index (χ0v) is 11.7. The lowest BCUT2D eigenvalue weighted by molar-refractivity contribution is -0.131. The summed E-state index contributed by atoms with van der Waals surface area (Å²) in [5.74, 6) is -0.477. The van der Waals surface area contributed by atoms with Crippen LogP contribution in [0.25, 0.3) is 10.8 Å². The van der Waals surface area contributed by atoms with Gasteiger partial charge in [-0.25, -0.2) is 4.79 Å². The molecule has 4 nitrogen and oxygen atoms in total. The van der Waals surface area contributed by atoms with Crippen LogP contribution in [0.15, 0.2) is 30.3 Å². The average Bonchev–Trinajstić information content (AvgIpc) is 2.37. The lowest BCUT2D eigenvalue weighted by Gasteiger charge is -2.10. The molecule has 0 fully saturated rings. The summed E-state index contributed by atoms with van der Waals surface area (Å²) in [6.45, 7) is 5.34. The monoisotopic (exact) mass is 272 g/mol. The molecule has 0 saturated carbocycles. The molecule has 0 atom stereocenters. The van der Waals surface area contributed by atoms with Crippen molar-refractivity contribution in [2.45, 2.75) is 20.8 Å². The molecule has 4 heteroatoms. The normalized spacial score (nSPS) is 10.3. The molecule has 104 valence electrons. The molecule has 2 rings (SSSR count). The van der Waals surface area contributed by atoms with Gasteiger partial charge in [-0.05, 0) is 31.4 Å². The number of esters is 2. The second kappa shape index (κ2) is 5.74. The van der Waals surface area contributed by atoms with Gasteiger partial charge in [0, 0.05) is 12.3 Å². The zero-order valence-electron chi connectivity index (χ0n) is 11.7. The fourth-order valence-electron chi connectivity index (χ4n) is 2.03. The first-order chi connectivity index (χ1) is 9.51. The maximum absolute atomic E-state index is 11.8. The zero-order chi connectivity index (χ0) is 14.7. The van der Waals surface area contributed by atoms with Crippen molar-refractivity contribution in [3.8, 4) is 5.75 Å². The van der Waals surface area contributed by atoms with E-state index in [-0.39, 0.29) is 0 Å². The van der Waals surface area contributed by atoms with Crippen LogP contribution in [0.4, 0.5) is 0 Å². The van der Waals surface area contributed by atoms with Crippen LogP contribution in [0.5, 0.6) is 5.75 Å². The molecule has 0 heterocycles. The minimum atomic E-state index is -0.427. The van der Waals surface area contributed by atoms with Gasteiger partial charge in [-0.15, -0.1) is 0 Å². The standard InChI is InChI=1S/C16H16O4/c1-4-19-16(18)13-8-12-7-10(2)5-6-14(12)15(9-13)20-11(3)17/h5-9H,4H2,1-3H3. The molecule has 0 amide bonds. The van der Waals surface area contributed by atoms with Gasteiger partial charge in [0.1, 0.15) is 5.75 Å². The van der Waals surface area contributed by atoms with Crippen LogP contribution in [-0.2, 0) is 9.53 Å². The lowest BCUT2D eigenvalue weighted by atomic mass is 10.0. The molecule has 0 aromatic heterocycles. The maximum Gasteiger partial charge on any atom is 0.338 e. The molecule has 0 saturated heterocycles. The average molecular weight is 272 g/mol. The van der Waals surface area contributed by atoms with Crippen molar-refractivity contribution in [1.29, 1.82) is 0 Å². The molecular weight excluding hydrogens is 256 g/mol. The van der Waals surface area contributed by atoms with E-state index in [2.05, 4.69) is 0 Å². The molecule has 2 aromatic rings. The molecule has 0 spiro atoms. The molecular formula is C16H16O4. The topological polar surface area (TPSA) is 52.6 Å². The number of fused-ring (bicyclic) bond motifs is 1. The van der Waals surface area contributed by atoms with Gasteiger partial charge in [0.05, 0.1) is 12.2 Å². The van der Waals surface area contributed by atoms with Gasteiger partial charge < -0.3 is 9.47 Å². The third-order valence-electron chi connectivity index (χ3n) is 2.83. The van der Waals surface area contributed by atoms with Crippen LogP contribution in [-0.4, -0.2) is 18.5 Å². The second-order valence-corrected chi connectivity index (χ2v) is 4.51. The number of rotatable bonds is 3. The van der Waals surface area contributed by atoms with E-state index in [0.29, 0.717) is 17.9 Å². The quantitative estimate of drug-likeness (QED) is 0.635. The van der Waals surface area contributed by atoms with Crippen molar-refractivity contribution in [2.24, 2.45) is 0 Å². The lowest BCUT2D eigenvalue weighted by Crippen LogP contribution is -2.07. The van der Waals surface area contributed by atoms with Crippen molar-refractivity contribution in [2.75, 3.05) is 6.61 Å². The van der Waals surface area contributed by atoms with Gasteiger partial charge in [0.25, 0.3) is 0 Å². The maximum atomic E-state index is 11.8. The van der Waals surface area contributed by atoms with E-state index in [9.17, 15) is 9.59 Å². The van der Waals surface area contributed by atoms with Crippen molar-refractivity contribution >= 4 is 22.7 Å². The number of ether oxygens (including phenoxy) is 2. The summed E-state index contributed by atoms with van der Waals surface area (Å²) in [5, 5.41) is 1.63.